The van der Waals surface area contributed by atoms with Gasteiger partial charge in [-0.25, -0.2) is 0 Å². The van der Waals surface area contributed by atoms with E-state index in [4.69, 9.17) is 10.5 Å². The molecule has 0 unspecified atom stereocenters. The van der Waals surface area contributed by atoms with E-state index < -0.39 is 0 Å². The predicted octanol–water partition coefficient (Wildman–Crippen LogP) is 3.75. The van der Waals surface area contributed by atoms with Gasteiger partial charge in [0.1, 0.15) is 5.75 Å². The highest BCUT2D eigenvalue weighted by molar-refractivity contribution is 7.98. The number of nitrogens with two attached hydrogens (primary N) is 1. The van der Waals surface area contributed by atoms with Crippen LogP contribution < -0.4 is 10.5 Å². The SMILES string of the molecule is COc1ccc(CN)c(SCc2cccc(C)c2)c1. The Hall–Kier alpha value is -1.45. The summed E-state index contributed by atoms with van der Waals surface area (Å²) in [5.41, 5.74) is 9.57. The first-order valence-corrected chi connectivity index (χ1v) is 7.27. The van der Waals surface area contributed by atoms with Crippen LogP contribution in [0.3, 0.4) is 0 Å². The molecule has 2 rings (SSSR count). The minimum Gasteiger partial charge on any atom is -0.497 e. The fourth-order valence-corrected chi connectivity index (χ4v) is 2.97. The molecule has 0 spiro atoms. The molecular weight excluding hydrogens is 254 g/mol. The number of benzene rings is 2. The number of aryl methyl sites for hydroxylation is 1. The Kier molecular flexibility index (Phi) is 4.88. The second-order valence-corrected chi connectivity index (χ2v) is 5.47. The molecule has 100 valence electrons. The van der Waals surface area contributed by atoms with Crippen LogP contribution in [0, 0.1) is 6.92 Å². The third-order valence-corrected chi connectivity index (χ3v) is 4.14. The zero-order chi connectivity index (χ0) is 13.7. The van der Waals surface area contributed by atoms with Crippen LogP contribution in [0.5, 0.6) is 5.75 Å². The summed E-state index contributed by atoms with van der Waals surface area (Å²) in [6, 6.07) is 14.6. The first-order valence-electron chi connectivity index (χ1n) is 6.28. The summed E-state index contributed by atoms with van der Waals surface area (Å²) >= 11 is 1.80. The lowest BCUT2D eigenvalue weighted by Crippen LogP contribution is -1.99. The molecule has 2 aromatic carbocycles. The van der Waals surface area contributed by atoms with Crippen molar-refractivity contribution in [3.05, 3.63) is 59.2 Å². The number of hydrogen-bond acceptors (Lipinski definition) is 3. The summed E-state index contributed by atoms with van der Waals surface area (Å²) < 4.78 is 5.27. The van der Waals surface area contributed by atoms with Crippen molar-refractivity contribution in [3.8, 4) is 5.75 Å². The maximum absolute atomic E-state index is 5.78. The van der Waals surface area contributed by atoms with Crippen molar-refractivity contribution in [2.24, 2.45) is 5.73 Å². The first kappa shape index (κ1) is 14.0. The maximum Gasteiger partial charge on any atom is 0.119 e. The molecule has 19 heavy (non-hydrogen) atoms. The largest absolute Gasteiger partial charge is 0.497 e. The standard InChI is InChI=1S/C16H19NOS/c1-12-4-3-5-13(8-12)11-19-16-9-15(18-2)7-6-14(16)10-17/h3-9H,10-11,17H2,1-2H3. The highest BCUT2D eigenvalue weighted by atomic mass is 32.2. The maximum atomic E-state index is 5.78. The van der Waals surface area contributed by atoms with Crippen LogP contribution in [0.25, 0.3) is 0 Å². The van der Waals surface area contributed by atoms with Gasteiger partial charge in [0.05, 0.1) is 7.11 Å². The van der Waals surface area contributed by atoms with Crippen LogP contribution in [0.4, 0.5) is 0 Å². The molecule has 2 N–H and O–H groups in total. The topological polar surface area (TPSA) is 35.2 Å². The van der Waals surface area contributed by atoms with Crippen molar-refractivity contribution < 1.29 is 4.74 Å². The van der Waals surface area contributed by atoms with E-state index in [-0.39, 0.29) is 0 Å². The number of methoxy groups -OCH3 is 1. The summed E-state index contributed by atoms with van der Waals surface area (Å²) in [6.07, 6.45) is 0. The summed E-state index contributed by atoms with van der Waals surface area (Å²) in [4.78, 5) is 1.20. The molecule has 0 atom stereocenters. The van der Waals surface area contributed by atoms with Crippen LogP contribution in [-0.2, 0) is 12.3 Å². The number of rotatable bonds is 5. The Morgan fingerprint density at radius 1 is 1.16 bits per heavy atom. The summed E-state index contributed by atoms with van der Waals surface area (Å²) in [5, 5.41) is 0. The molecule has 0 aromatic heterocycles. The van der Waals surface area contributed by atoms with Gasteiger partial charge < -0.3 is 10.5 Å². The highest BCUT2D eigenvalue weighted by Crippen LogP contribution is 2.29. The third kappa shape index (κ3) is 3.75. The van der Waals surface area contributed by atoms with Crippen LogP contribution in [0.1, 0.15) is 16.7 Å². The van der Waals surface area contributed by atoms with Gasteiger partial charge >= 0.3 is 0 Å². The molecule has 0 amide bonds. The van der Waals surface area contributed by atoms with E-state index in [1.165, 1.54) is 21.6 Å². The van der Waals surface area contributed by atoms with E-state index in [0.717, 1.165) is 11.5 Å². The van der Waals surface area contributed by atoms with E-state index in [1.54, 1.807) is 18.9 Å². The first-order chi connectivity index (χ1) is 9.22. The minimum atomic E-state index is 0.556. The van der Waals surface area contributed by atoms with Gasteiger partial charge in [-0.2, -0.15) is 0 Å². The van der Waals surface area contributed by atoms with Crippen molar-refractivity contribution >= 4 is 11.8 Å². The molecule has 2 aromatic rings. The van der Waals surface area contributed by atoms with Crippen molar-refractivity contribution in [2.45, 2.75) is 24.1 Å². The second kappa shape index (κ2) is 6.64. The summed E-state index contributed by atoms with van der Waals surface area (Å²) in [6.45, 7) is 2.67. The van der Waals surface area contributed by atoms with Crippen molar-refractivity contribution in [1.29, 1.82) is 0 Å². The molecule has 0 aliphatic heterocycles. The van der Waals surface area contributed by atoms with Crippen LogP contribution in [0.2, 0.25) is 0 Å². The minimum absolute atomic E-state index is 0.556. The lowest BCUT2D eigenvalue weighted by atomic mass is 10.2. The second-order valence-electron chi connectivity index (χ2n) is 4.46. The molecule has 3 heteroatoms. The normalized spacial score (nSPS) is 10.5. The Balaban J connectivity index is 2.14. The van der Waals surface area contributed by atoms with E-state index in [9.17, 15) is 0 Å². The molecule has 0 saturated heterocycles. The van der Waals surface area contributed by atoms with Gasteiger partial charge in [0.25, 0.3) is 0 Å². The Morgan fingerprint density at radius 2 is 2.00 bits per heavy atom. The molecule has 0 aliphatic rings. The molecular formula is C16H19NOS. The van der Waals surface area contributed by atoms with E-state index in [0.29, 0.717) is 6.54 Å². The molecule has 0 bridgehead atoms. The zero-order valence-electron chi connectivity index (χ0n) is 11.3. The van der Waals surface area contributed by atoms with E-state index >= 15 is 0 Å². The van der Waals surface area contributed by atoms with Crippen LogP contribution in [0.15, 0.2) is 47.4 Å². The van der Waals surface area contributed by atoms with Crippen molar-refractivity contribution in [2.75, 3.05) is 7.11 Å². The Bertz CT molecular complexity index is 554. The smallest absolute Gasteiger partial charge is 0.119 e. The summed E-state index contributed by atoms with van der Waals surface area (Å²) in [5.74, 6) is 1.82. The summed E-state index contributed by atoms with van der Waals surface area (Å²) in [7, 11) is 1.69. The van der Waals surface area contributed by atoms with Gasteiger partial charge in [0.15, 0.2) is 0 Å². The fourth-order valence-electron chi connectivity index (χ4n) is 1.93. The van der Waals surface area contributed by atoms with Gasteiger partial charge in [-0.05, 0) is 30.2 Å². The molecule has 0 saturated carbocycles. The lowest BCUT2D eigenvalue weighted by Gasteiger charge is -2.10. The van der Waals surface area contributed by atoms with Crippen molar-refractivity contribution in [1.82, 2.24) is 0 Å². The molecule has 0 aliphatic carbocycles. The fraction of sp³-hybridized carbons (Fsp3) is 0.250. The number of ether oxygens (including phenoxy) is 1. The molecule has 0 radical (unpaired) electrons. The molecule has 0 heterocycles. The van der Waals surface area contributed by atoms with Crippen LogP contribution in [-0.4, -0.2) is 7.11 Å². The van der Waals surface area contributed by atoms with Gasteiger partial charge in [0, 0.05) is 17.2 Å². The number of hydrogen-bond donors (Lipinski definition) is 1. The van der Waals surface area contributed by atoms with Gasteiger partial charge in [-0.1, -0.05) is 35.9 Å². The van der Waals surface area contributed by atoms with Gasteiger partial charge in [-0.15, -0.1) is 11.8 Å². The van der Waals surface area contributed by atoms with E-state index in [1.807, 2.05) is 12.1 Å². The quantitative estimate of drug-likeness (QED) is 0.843. The van der Waals surface area contributed by atoms with Gasteiger partial charge in [-0.3, -0.25) is 0 Å². The Labute approximate surface area is 119 Å². The average molecular weight is 273 g/mol. The lowest BCUT2D eigenvalue weighted by molar-refractivity contribution is 0.413. The van der Waals surface area contributed by atoms with Gasteiger partial charge in [0.2, 0.25) is 0 Å². The van der Waals surface area contributed by atoms with Crippen LogP contribution >= 0.6 is 11.8 Å². The third-order valence-electron chi connectivity index (χ3n) is 2.97. The average Bonchev–Trinajstić information content (AvgIpc) is 2.45. The van der Waals surface area contributed by atoms with Crippen molar-refractivity contribution in [3.63, 3.8) is 0 Å². The van der Waals surface area contributed by atoms with E-state index in [2.05, 4.69) is 37.3 Å². The Morgan fingerprint density at radius 3 is 2.68 bits per heavy atom. The molecule has 2 nitrogen and oxygen atoms in total. The monoisotopic (exact) mass is 273 g/mol. The highest BCUT2D eigenvalue weighted by Gasteiger charge is 2.05. The zero-order valence-corrected chi connectivity index (χ0v) is 12.2. The molecule has 0 fully saturated rings. The number of thioether (sulfide) groups is 1. The predicted molar refractivity (Wildman–Crippen MR) is 81.6 cm³/mol.